The van der Waals surface area contributed by atoms with Crippen molar-refractivity contribution in [2.75, 3.05) is 36.4 Å². The first-order chi connectivity index (χ1) is 20.0. The molecular formula is C33H27FN4O3. The lowest BCUT2D eigenvalue weighted by Crippen LogP contribution is -2.49. The second-order valence-corrected chi connectivity index (χ2v) is 9.72. The first kappa shape index (κ1) is 26.0. The summed E-state index contributed by atoms with van der Waals surface area (Å²) in [5, 5.41) is 2.77. The van der Waals surface area contributed by atoms with Gasteiger partial charge in [0.2, 0.25) is 5.89 Å². The number of oxazole rings is 1. The highest BCUT2D eigenvalue weighted by atomic mass is 19.1. The predicted octanol–water partition coefficient (Wildman–Crippen LogP) is 6.36. The summed E-state index contributed by atoms with van der Waals surface area (Å²) in [7, 11) is 0. The molecule has 2 amide bonds. The molecule has 1 saturated heterocycles. The normalized spacial score (nSPS) is 13.2. The molecule has 0 spiro atoms. The number of rotatable bonds is 6. The largest absolute Gasteiger partial charge is 0.435 e. The van der Waals surface area contributed by atoms with Crippen molar-refractivity contribution in [1.82, 2.24) is 9.88 Å². The van der Waals surface area contributed by atoms with E-state index in [0.29, 0.717) is 49.1 Å². The van der Waals surface area contributed by atoms with E-state index in [9.17, 15) is 14.0 Å². The molecule has 4 aromatic carbocycles. The molecule has 2 heterocycles. The fourth-order valence-electron chi connectivity index (χ4n) is 4.86. The number of aromatic nitrogens is 1. The lowest BCUT2D eigenvalue weighted by Gasteiger charge is -2.35. The van der Waals surface area contributed by atoms with Crippen LogP contribution in [0.25, 0.3) is 22.8 Å². The number of nitrogens with zero attached hydrogens (tertiary/aromatic N) is 3. The van der Waals surface area contributed by atoms with Gasteiger partial charge in [-0.2, -0.15) is 0 Å². The number of hydrogen-bond donors (Lipinski definition) is 1. The zero-order chi connectivity index (χ0) is 28.2. The summed E-state index contributed by atoms with van der Waals surface area (Å²) in [5.74, 6) is -0.375. The van der Waals surface area contributed by atoms with Gasteiger partial charge in [0, 0.05) is 54.2 Å². The van der Waals surface area contributed by atoms with Crippen LogP contribution in [-0.4, -0.2) is 47.9 Å². The molecule has 1 aliphatic rings. The van der Waals surface area contributed by atoms with E-state index in [1.807, 2.05) is 53.4 Å². The molecule has 0 saturated carbocycles. The summed E-state index contributed by atoms with van der Waals surface area (Å²) in [6.45, 7) is 2.56. The van der Waals surface area contributed by atoms with E-state index < -0.39 is 11.7 Å². The quantitative estimate of drug-likeness (QED) is 0.268. The average molecular weight is 547 g/mol. The van der Waals surface area contributed by atoms with Crippen LogP contribution < -0.4 is 10.2 Å². The molecule has 6 rings (SSSR count). The van der Waals surface area contributed by atoms with Gasteiger partial charge >= 0.3 is 0 Å². The maximum absolute atomic E-state index is 13.8. The summed E-state index contributed by atoms with van der Waals surface area (Å²) >= 11 is 0. The van der Waals surface area contributed by atoms with Crippen molar-refractivity contribution in [3.63, 3.8) is 0 Å². The van der Waals surface area contributed by atoms with Crippen molar-refractivity contribution < 1.29 is 18.4 Å². The fourth-order valence-corrected chi connectivity index (χ4v) is 4.86. The van der Waals surface area contributed by atoms with Crippen molar-refractivity contribution in [1.29, 1.82) is 0 Å². The molecule has 1 aliphatic heterocycles. The van der Waals surface area contributed by atoms with Crippen molar-refractivity contribution >= 4 is 23.2 Å². The van der Waals surface area contributed by atoms with Gasteiger partial charge < -0.3 is 19.5 Å². The highest BCUT2D eigenvalue weighted by molar-refractivity contribution is 6.04. The Morgan fingerprint density at radius 2 is 1.44 bits per heavy atom. The Labute approximate surface area is 236 Å². The Morgan fingerprint density at radius 1 is 0.756 bits per heavy atom. The van der Waals surface area contributed by atoms with Gasteiger partial charge in [-0.25, -0.2) is 9.37 Å². The number of para-hydroxylation sites is 1. The smallest absolute Gasteiger partial charge is 0.276 e. The minimum atomic E-state index is -0.480. The van der Waals surface area contributed by atoms with Gasteiger partial charge in [0.25, 0.3) is 11.8 Å². The number of piperazine rings is 1. The van der Waals surface area contributed by atoms with Crippen molar-refractivity contribution in [3.8, 4) is 22.8 Å². The summed E-state index contributed by atoms with van der Waals surface area (Å²) in [6, 6.07) is 32.1. The molecule has 41 heavy (non-hydrogen) atoms. The van der Waals surface area contributed by atoms with Crippen LogP contribution in [0.5, 0.6) is 0 Å². The number of nitrogens with one attached hydrogen (secondary N) is 1. The molecule has 0 aliphatic carbocycles. The third-order valence-electron chi connectivity index (χ3n) is 7.03. The average Bonchev–Trinajstić information content (AvgIpc) is 3.48. The number of benzene rings is 4. The number of hydrogen-bond acceptors (Lipinski definition) is 5. The van der Waals surface area contributed by atoms with Gasteiger partial charge in [0.15, 0.2) is 11.5 Å². The molecule has 1 aromatic heterocycles. The lowest BCUT2D eigenvalue weighted by molar-refractivity contribution is 0.0741. The van der Waals surface area contributed by atoms with Crippen LogP contribution in [0, 0.1) is 5.82 Å². The number of anilines is 2. The molecular weight excluding hydrogens is 519 g/mol. The number of carbonyl (C=O) groups is 2. The van der Waals surface area contributed by atoms with E-state index in [1.54, 1.807) is 30.3 Å². The van der Waals surface area contributed by atoms with Crippen LogP contribution >= 0.6 is 0 Å². The van der Waals surface area contributed by atoms with Gasteiger partial charge in [-0.15, -0.1) is 0 Å². The Morgan fingerprint density at radius 3 is 2.12 bits per heavy atom. The fraction of sp³-hybridized carbons (Fsp3) is 0.121. The van der Waals surface area contributed by atoms with Gasteiger partial charge in [-0.3, -0.25) is 9.59 Å². The van der Waals surface area contributed by atoms with Gasteiger partial charge in [0.1, 0.15) is 5.82 Å². The second-order valence-electron chi connectivity index (χ2n) is 9.72. The molecule has 0 unspecified atom stereocenters. The minimum absolute atomic E-state index is 0.192. The Balaban J connectivity index is 1.25. The standard InChI is InChI=1S/C33H27FN4O3/c34-26-11-7-10-25(22-26)31(39)35-27-16-14-23(15-17-27)30-29(36-32(41-30)24-8-3-1-4-9-24)33(40)38-20-18-37(19-21-38)28-12-5-2-6-13-28/h1-17,22H,18-21H2,(H,35,39). The van der Waals surface area contributed by atoms with Crippen LogP contribution in [0.15, 0.2) is 114 Å². The van der Waals surface area contributed by atoms with E-state index in [2.05, 4.69) is 27.3 Å². The molecule has 7 nitrogen and oxygen atoms in total. The third-order valence-corrected chi connectivity index (χ3v) is 7.03. The van der Waals surface area contributed by atoms with Crippen LogP contribution in [0.3, 0.4) is 0 Å². The Bertz CT molecular complexity index is 1660. The minimum Gasteiger partial charge on any atom is -0.435 e. The third kappa shape index (κ3) is 5.72. The maximum Gasteiger partial charge on any atom is 0.276 e. The lowest BCUT2D eigenvalue weighted by atomic mass is 10.1. The first-order valence-corrected chi connectivity index (χ1v) is 13.4. The molecule has 204 valence electrons. The Kier molecular flexibility index (Phi) is 7.28. The number of carbonyl (C=O) groups excluding carboxylic acids is 2. The van der Waals surface area contributed by atoms with E-state index in [4.69, 9.17) is 4.42 Å². The van der Waals surface area contributed by atoms with Crippen molar-refractivity contribution in [3.05, 3.63) is 126 Å². The number of amides is 2. The highest BCUT2D eigenvalue weighted by Gasteiger charge is 2.29. The number of halogens is 1. The Hall–Kier alpha value is -5.24. The monoisotopic (exact) mass is 546 g/mol. The molecule has 8 heteroatoms. The van der Waals surface area contributed by atoms with E-state index >= 15 is 0 Å². The van der Waals surface area contributed by atoms with E-state index in [-0.39, 0.29) is 17.2 Å². The topological polar surface area (TPSA) is 78.7 Å². The van der Waals surface area contributed by atoms with Crippen LogP contribution in [-0.2, 0) is 0 Å². The predicted molar refractivity (Wildman–Crippen MR) is 156 cm³/mol. The first-order valence-electron chi connectivity index (χ1n) is 13.4. The summed E-state index contributed by atoms with van der Waals surface area (Å²) in [6.07, 6.45) is 0. The SMILES string of the molecule is O=C(Nc1ccc(-c2oc(-c3ccccc3)nc2C(=O)N2CCN(c3ccccc3)CC2)cc1)c1cccc(F)c1. The summed E-state index contributed by atoms with van der Waals surface area (Å²) in [5.41, 5.74) is 3.54. The molecule has 5 aromatic rings. The maximum atomic E-state index is 13.8. The van der Waals surface area contributed by atoms with E-state index in [0.717, 1.165) is 11.3 Å². The van der Waals surface area contributed by atoms with Gasteiger partial charge in [-0.05, 0) is 66.7 Å². The summed E-state index contributed by atoms with van der Waals surface area (Å²) in [4.78, 5) is 35.1. The zero-order valence-electron chi connectivity index (χ0n) is 22.2. The molecule has 0 atom stereocenters. The van der Waals surface area contributed by atoms with Crippen LogP contribution in [0.1, 0.15) is 20.8 Å². The van der Waals surface area contributed by atoms with Gasteiger partial charge in [-0.1, -0.05) is 42.5 Å². The molecule has 0 bridgehead atoms. The second kappa shape index (κ2) is 11.5. The van der Waals surface area contributed by atoms with E-state index in [1.165, 1.54) is 18.2 Å². The summed E-state index contributed by atoms with van der Waals surface area (Å²) < 4.78 is 19.7. The van der Waals surface area contributed by atoms with Crippen LogP contribution in [0.2, 0.25) is 0 Å². The molecule has 0 radical (unpaired) electrons. The van der Waals surface area contributed by atoms with Crippen molar-refractivity contribution in [2.45, 2.75) is 0 Å². The highest BCUT2D eigenvalue weighted by Crippen LogP contribution is 2.32. The van der Waals surface area contributed by atoms with Gasteiger partial charge in [0.05, 0.1) is 0 Å². The molecule has 1 N–H and O–H groups in total. The zero-order valence-corrected chi connectivity index (χ0v) is 22.2. The molecule has 1 fully saturated rings. The van der Waals surface area contributed by atoms with Crippen molar-refractivity contribution in [2.24, 2.45) is 0 Å². The van der Waals surface area contributed by atoms with Crippen LogP contribution in [0.4, 0.5) is 15.8 Å².